The molecule has 8 heteroatoms. The fraction of sp³-hybridized carbons (Fsp3) is 0.440. The van der Waals surface area contributed by atoms with Crippen LogP contribution >= 0.6 is 0 Å². The summed E-state index contributed by atoms with van der Waals surface area (Å²) in [6.45, 7) is 3.21. The van der Waals surface area contributed by atoms with Gasteiger partial charge in [0.15, 0.2) is 22.7 Å². The number of hydrogen-bond acceptors (Lipinski definition) is 8. The maximum absolute atomic E-state index is 12.9. The second kappa shape index (κ2) is 6.95. The third-order valence-corrected chi connectivity index (χ3v) is 7.47. The van der Waals surface area contributed by atoms with Crippen molar-refractivity contribution in [3.05, 3.63) is 59.7 Å². The van der Waals surface area contributed by atoms with Gasteiger partial charge in [0.1, 0.15) is 0 Å². The van der Waals surface area contributed by atoms with E-state index in [4.69, 9.17) is 23.7 Å². The second-order valence-corrected chi connectivity index (χ2v) is 9.36. The molecule has 0 aliphatic carbocycles. The highest BCUT2D eigenvalue weighted by Gasteiger charge is 2.93. The monoisotopic (exact) mass is 451 g/mol. The van der Waals surface area contributed by atoms with Gasteiger partial charge < -0.3 is 23.7 Å². The van der Waals surface area contributed by atoms with E-state index in [0.717, 1.165) is 22.6 Å². The Labute approximate surface area is 191 Å². The van der Waals surface area contributed by atoms with E-state index in [-0.39, 0.29) is 12.8 Å². The van der Waals surface area contributed by atoms with Crippen molar-refractivity contribution in [3.8, 4) is 11.5 Å². The number of hydrogen-bond donors (Lipinski definition) is 0. The summed E-state index contributed by atoms with van der Waals surface area (Å²) in [5.74, 6) is 0.126. The molecule has 6 rings (SSSR count). The van der Waals surface area contributed by atoms with Crippen molar-refractivity contribution in [2.75, 3.05) is 20.4 Å². The molecule has 1 spiro atoms. The molecule has 4 heterocycles. The van der Waals surface area contributed by atoms with Crippen molar-refractivity contribution in [1.29, 1.82) is 0 Å². The third kappa shape index (κ3) is 2.77. The minimum absolute atomic E-state index is 0.000293. The van der Waals surface area contributed by atoms with E-state index < -0.39 is 28.7 Å². The van der Waals surface area contributed by atoms with Crippen LogP contribution in [-0.2, 0) is 36.8 Å². The van der Waals surface area contributed by atoms with Gasteiger partial charge in [-0.1, -0.05) is 36.4 Å². The molecule has 2 aromatic carbocycles. The first kappa shape index (κ1) is 20.5. The molecular weight excluding hydrogens is 426 g/mol. The summed E-state index contributed by atoms with van der Waals surface area (Å²) in [5, 5.41) is 0. The van der Waals surface area contributed by atoms with Gasteiger partial charge in [-0.05, 0) is 36.6 Å². The number of piperidine rings is 1. The smallest absolute Gasteiger partial charge is 0.354 e. The zero-order valence-electron chi connectivity index (χ0n) is 18.5. The fourth-order valence-electron chi connectivity index (χ4n) is 5.80. The summed E-state index contributed by atoms with van der Waals surface area (Å²) in [7, 11) is 1.27. The van der Waals surface area contributed by atoms with Gasteiger partial charge in [0.2, 0.25) is 6.79 Å². The van der Waals surface area contributed by atoms with Crippen LogP contribution in [0, 0.1) is 0 Å². The quantitative estimate of drug-likeness (QED) is 0.389. The lowest BCUT2D eigenvalue weighted by molar-refractivity contribution is -0.179. The molecule has 3 fully saturated rings. The fourth-order valence-corrected chi connectivity index (χ4v) is 5.80. The number of rotatable bonds is 5. The number of ether oxygens (including phenoxy) is 5. The van der Waals surface area contributed by atoms with Crippen LogP contribution in [0.2, 0.25) is 0 Å². The number of likely N-dealkylation sites (tertiary alicyclic amines) is 1. The SMILES string of the molecule is COC(=O)C12OC13CC(Cc1ccc4c(c1)OCO4)N(Cc1ccccc1)CC3(C)OC2=O. The van der Waals surface area contributed by atoms with Gasteiger partial charge in [-0.15, -0.1) is 0 Å². The van der Waals surface area contributed by atoms with Crippen LogP contribution in [0.15, 0.2) is 48.5 Å². The van der Waals surface area contributed by atoms with E-state index in [2.05, 4.69) is 17.0 Å². The lowest BCUT2D eigenvalue weighted by atomic mass is 9.72. The summed E-state index contributed by atoms with van der Waals surface area (Å²) in [4.78, 5) is 27.8. The van der Waals surface area contributed by atoms with E-state index in [1.165, 1.54) is 7.11 Å². The Kier molecular flexibility index (Phi) is 4.32. The molecule has 4 unspecified atom stereocenters. The number of benzene rings is 2. The van der Waals surface area contributed by atoms with Crippen LogP contribution in [0.4, 0.5) is 0 Å². The summed E-state index contributed by atoms with van der Waals surface area (Å²) < 4.78 is 27.8. The Morgan fingerprint density at radius 1 is 1.12 bits per heavy atom. The maximum Gasteiger partial charge on any atom is 0.354 e. The molecule has 8 nitrogen and oxygen atoms in total. The molecular formula is C25H25NO7. The second-order valence-electron chi connectivity index (χ2n) is 9.36. The van der Waals surface area contributed by atoms with E-state index in [9.17, 15) is 9.59 Å². The van der Waals surface area contributed by atoms with Crippen LogP contribution in [0.5, 0.6) is 11.5 Å². The Hall–Kier alpha value is -3.10. The topological polar surface area (TPSA) is 86.8 Å². The third-order valence-electron chi connectivity index (χ3n) is 7.47. The first-order valence-corrected chi connectivity index (χ1v) is 11.1. The average molecular weight is 451 g/mol. The van der Waals surface area contributed by atoms with E-state index >= 15 is 0 Å². The maximum atomic E-state index is 12.9. The molecule has 0 amide bonds. The molecule has 0 saturated carbocycles. The van der Waals surface area contributed by atoms with Crippen LogP contribution in [0.25, 0.3) is 0 Å². The van der Waals surface area contributed by atoms with Crippen molar-refractivity contribution in [2.45, 2.75) is 49.2 Å². The van der Waals surface area contributed by atoms with Crippen molar-refractivity contribution in [2.24, 2.45) is 0 Å². The molecule has 0 bridgehead atoms. The molecule has 0 N–H and O–H groups in total. The first-order chi connectivity index (χ1) is 15.9. The summed E-state index contributed by atoms with van der Waals surface area (Å²) in [6.07, 6.45) is 1.15. The summed E-state index contributed by atoms with van der Waals surface area (Å²) >= 11 is 0. The van der Waals surface area contributed by atoms with Crippen LogP contribution in [0.1, 0.15) is 24.5 Å². The average Bonchev–Trinajstić information content (AvgIpc) is 3.19. The molecule has 4 aliphatic heterocycles. The lowest BCUT2D eigenvalue weighted by Gasteiger charge is -2.46. The van der Waals surface area contributed by atoms with Gasteiger partial charge in [0.05, 0.1) is 7.11 Å². The van der Waals surface area contributed by atoms with Gasteiger partial charge in [-0.25, -0.2) is 9.59 Å². The Morgan fingerprint density at radius 2 is 1.91 bits per heavy atom. The van der Waals surface area contributed by atoms with Crippen molar-refractivity contribution in [1.82, 2.24) is 4.90 Å². The Balaban J connectivity index is 1.35. The van der Waals surface area contributed by atoms with Crippen LogP contribution in [0.3, 0.4) is 0 Å². The highest BCUT2D eigenvalue weighted by Crippen LogP contribution is 2.66. The zero-order chi connectivity index (χ0) is 22.8. The van der Waals surface area contributed by atoms with Gasteiger partial charge in [-0.2, -0.15) is 0 Å². The van der Waals surface area contributed by atoms with Crippen molar-refractivity contribution >= 4 is 11.9 Å². The Bertz CT molecular complexity index is 1140. The molecule has 33 heavy (non-hydrogen) atoms. The van der Waals surface area contributed by atoms with Gasteiger partial charge in [0, 0.05) is 25.6 Å². The minimum atomic E-state index is -1.66. The largest absolute Gasteiger partial charge is 0.466 e. The predicted molar refractivity (Wildman–Crippen MR) is 115 cm³/mol. The molecule has 0 aromatic heterocycles. The number of fused-ring (bicyclic) bond motifs is 1. The lowest BCUT2D eigenvalue weighted by Crippen LogP contribution is -2.61. The normalized spacial score (nSPS) is 33.8. The first-order valence-electron chi connectivity index (χ1n) is 11.1. The van der Waals surface area contributed by atoms with E-state index in [0.29, 0.717) is 25.9 Å². The molecule has 4 atom stereocenters. The van der Waals surface area contributed by atoms with Gasteiger partial charge in [0.25, 0.3) is 5.60 Å². The van der Waals surface area contributed by atoms with Crippen molar-refractivity contribution < 1.29 is 33.3 Å². The van der Waals surface area contributed by atoms with Gasteiger partial charge >= 0.3 is 11.9 Å². The number of methoxy groups -OCH3 is 1. The number of carbonyl (C=O) groups excluding carboxylic acids is 2. The highest BCUT2D eigenvalue weighted by atomic mass is 16.7. The van der Waals surface area contributed by atoms with Crippen LogP contribution in [-0.4, -0.2) is 60.1 Å². The molecule has 4 aliphatic rings. The molecule has 0 radical (unpaired) electrons. The Morgan fingerprint density at radius 3 is 2.70 bits per heavy atom. The number of epoxide rings is 1. The number of carbonyl (C=O) groups is 2. The minimum Gasteiger partial charge on any atom is -0.466 e. The van der Waals surface area contributed by atoms with E-state index in [1.807, 2.05) is 43.3 Å². The molecule has 2 aromatic rings. The van der Waals surface area contributed by atoms with Crippen molar-refractivity contribution in [3.63, 3.8) is 0 Å². The van der Waals surface area contributed by atoms with Gasteiger partial charge in [-0.3, -0.25) is 4.90 Å². The molecule has 172 valence electrons. The summed E-state index contributed by atoms with van der Waals surface area (Å²) in [5.41, 5.74) is -1.40. The summed E-state index contributed by atoms with van der Waals surface area (Å²) in [6, 6.07) is 16.1. The standard InChI is InChI=1S/C25H25NO7/c1-23-14-26(13-16-6-4-3-5-7-16)18(10-17-8-9-19-20(11-17)31-15-30-19)12-24(23)25(33-24,21(27)29-2)22(28)32-23/h3-9,11,18H,10,12-15H2,1-2H3. The zero-order valence-corrected chi connectivity index (χ0v) is 18.5. The van der Waals surface area contributed by atoms with Crippen LogP contribution < -0.4 is 9.47 Å². The number of esters is 2. The number of nitrogens with zero attached hydrogens (tertiary/aromatic N) is 1. The van der Waals surface area contributed by atoms with E-state index in [1.54, 1.807) is 0 Å². The highest BCUT2D eigenvalue weighted by molar-refractivity contribution is 6.11. The molecule has 3 saturated heterocycles. The predicted octanol–water partition coefficient (Wildman–Crippen LogP) is 2.23.